The summed E-state index contributed by atoms with van der Waals surface area (Å²) in [7, 11) is 0. The molecule has 0 amide bonds. The van der Waals surface area contributed by atoms with Gasteiger partial charge in [-0.1, -0.05) is 45.2 Å². The van der Waals surface area contributed by atoms with Crippen molar-refractivity contribution in [2.75, 3.05) is 6.54 Å². The quantitative estimate of drug-likeness (QED) is 0.656. The van der Waals surface area contributed by atoms with Crippen LogP contribution in [-0.4, -0.2) is 38.4 Å². The number of aliphatic hydroxyl groups excluding tert-OH is 1. The van der Waals surface area contributed by atoms with Crippen LogP contribution in [0, 0.1) is 5.41 Å². The first-order valence-electron chi connectivity index (χ1n) is 8.88. The SMILES string of the molecule is CCCCCC(CC)N1CC(O)=C(c2nc3ccccc3[nH]2)C1=N. The fraction of sp³-hybridized carbons (Fsp3) is 0.474. The highest BCUT2D eigenvalue weighted by atomic mass is 16.3. The zero-order valence-corrected chi connectivity index (χ0v) is 14.5. The van der Waals surface area contributed by atoms with E-state index in [4.69, 9.17) is 5.41 Å². The highest BCUT2D eigenvalue weighted by Gasteiger charge is 2.33. The fourth-order valence-corrected chi connectivity index (χ4v) is 3.44. The van der Waals surface area contributed by atoms with Crippen LogP contribution in [0.1, 0.15) is 51.8 Å². The Morgan fingerprint density at radius 1 is 1.29 bits per heavy atom. The maximum absolute atomic E-state index is 10.5. The van der Waals surface area contributed by atoms with Crippen molar-refractivity contribution in [2.45, 2.75) is 52.0 Å². The summed E-state index contributed by atoms with van der Waals surface area (Å²) in [6.45, 7) is 4.77. The second kappa shape index (κ2) is 7.07. The first-order valence-corrected chi connectivity index (χ1v) is 8.88. The molecule has 0 fully saturated rings. The summed E-state index contributed by atoms with van der Waals surface area (Å²) in [6, 6.07) is 8.08. The third-order valence-electron chi connectivity index (χ3n) is 4.81. The van der Waals surface area contributed by atoms with Crippen LogP contribution in [-0.2, 0) is 0 Å². The molecule has 1 aromatic heterocycles. The highest BCUT2D eigenvalue weighted by molar-refractivity contribution is 6.23. The molecule has 0 aliphatic carbocycles. The summed E-state index contributed by atoms with van der Waals surface area (Å²) in [6.07, 6.45) is 5.62. The number of aliphatic hydroxyl groups is 1. The second-order valence-corrected chi connectivity index (χ2v) is 6.46. The molecule has 1 aliphatic heterocycles. The highest BCUT2D eigenvalue weighted by Crippen LogP contribution is 2.30. The molecule has 1 atom stereocenters. The molecule has 0 radical (unpaired) electrons. The first kappa shape index (κ1) is 16.6. The van der Waals surface area contributed by atoms with E-state index in [1.165, 1.54) is 19.3 Å². The third-order valence-corrected chi connectivity index (χ3v) is 4.81. The number of rotatable bonds is 7. The van der Waals surface area contributed by atoms with Gasteiger partial charge in [-0.15, -0.1) is 0 Å². The van der Waals surface area contributed by atoms with Gasteiger partial charge in [0.05, 0.1) is 23.2 Å². The molecule has 0 saturated heterocycles. The predicted octanol–water partition coefficient (Wildman–Crippen LogP) is 4.48. The Morgan fingerprint density at radius 3 is 2.79 bits per heavy atom. The number of nitrogens with one attached hydrogen (secondary N) is 2. The second-order valence-electron chi connectivity index (χ2n) is 6.46. The van der Waals surface area contributed by atoms with Crippen molar-refractivity contribution in [3.05, 3.63) is 35.8 Å². The Balaban J connectivity index is 1.82. The van der Waals surface area contributed by atoms with Crippen molar-refractivity contribution in [2.24, 2.45) is 0 Å². The zero-order chi connectivity index (χ0) is 17.1. The molecule has 3 N–H and O–H groups in total. The van der Waals surface area contributed by atoms with Crippen molar-refractivity contribution in [1.82, 2.24) is 14.9 Å². The van der Waals surface area contributed by atoms with Crippen LogP contribution in [0.15, 0.2) is 30.0 Å². The molecular formula is C19H26N4O. The molecule has 5 nitrogen and oxygen atoms in total. The van der Waals surface area contributed by atoms with Gasteiger partial charge in [-0.3, -0.25) is 5.41 Å². The van der Waals surface area contributed by atoms with Gasteiger partial charge in [0.2, 0.25) is 0 Å². The summed E-state index contributed by atoms with van der Waals surface area (Å²) in [5, 5.41) is 19.0. The number of imidazole rings is 1. The van der Waals surface area contributed by atoms with E-state index >= 15 is 0 Å². The Bertz CT molecular complexity index is 729. The van der Waals surface area contributed by atoms with Gasteiger partial charge < -0.3 is 15.0 Å². The average molecular weight is 326 g/mol. The molecular weight excluding hydrogens is 300 g/mol. The van der Waals surface area contributed by atoms with E-state index in [0.29, 0.717) is 29.8 Å². The first-order chi connectivity index (χ1) is 11.7. The number of aromatic nitrogens is 2. The van der Waals surface area contributed by atoms with E-state index in [1.807, 2.05) is 29.2 Å². The Labute approximate surface area is 142 Å². The van der Waals surface area contributed by atoms with Crippen molar-refractivity contribution in [3.63, 3.8) is 0 Å². The molecule has 1 aliphatic rings. The minimum atomic E-state index is 0.244. The maximum atomic E-state index is 10.5. The number of amidine groups is 1. The molecule has 1 unspecified atom stereocenters. The number of H-pyrrole nitrogens is 1. The lowest BCUT2D eigenvalue weighted by molar-refractivity contribution is 0.272. The molecule has 24 heavy (non-hydrogen) atoms. The van der Waals surface area contributed by atoms with Crippen LogP contribution in [0.3, 0.4) is 0 Å². The molecule has 1 aromatic carbocycles. The average Bonchev–Trinajstić information content (AvgIpc) is 3.12. The Morgan fingerprint density at radius 2 is 2.08 bits per heavy atom. The summed E-state index contributed by atoms with van der Waals surface area (Å²) in [5.74, 6) is 1.22. The van der Waals surface area contributed by atoms with Crippen molar-refractivity contribution in [3.8, 4) is 0 Å². The van der Waals surface area contributed by atoms with E-state index in [-0.39, 0.29) is 5.76 Å². The maximum Gasteiger partial charge on any atom is 0.145 e. The largest absolute Gasteiger partial charge is 0.510 e. The van der Waals surface area contributed by atoms with E-state index in [2.05, 4.69) is 23.8 Å². The molecule has 0 saturated carbocycles. The summed E-state index contributed by atoms with van der Waals surface area (Å²) in [5.41, 5.74) is 2.32. The lowest BCUT2D eigenvalue weighted by Gasteiger charge is -2.29. The van der Waals surface area contributed by atoms with Crippen LogP contribution >= 0.6 is 0 Å². The Hall–Kier alpha value is -2.30. The molecule has 2 aromatic rings. The summed E-state index contributed by atoms with van der Waals surface area (Å²) >= 11 is 0. The van der Waals surface area contributed by atoms with Gasteiger partial charge in [0.15, 0.2) is 0 Å². The zero-order valence-electron chi connectivity index (χ0n) is 14.5. The summed E-state index contributed by atoms with van der Waals surface area (Å²) < 4.78 is 0. The van der Waals surface area contributed by atoms with Gasteiger partial charge in [-0.2, -0.15) is 0 Å². The number of nitrogens with zero attached hydrogens (tertiary/aromatic N) is 2. The topological polar surface area (TPSA) is 76.0 Å². The normalized spacial score (nSPS) is 16.4. The van der Waals surface area contributed by atoms with E-state index in [0.717, 1.165) is 23.9 Å². The lowest BCUT2D eigenvalue weighted by Crippen LogP contribution is -2.37. The molecule has 2 heterocycles. The van der Waals surface area contributed by atoms with Gasteiger partial charge in [0, 0.05) is 6.04 Å². The number of benzene rings is 1. The number of hydrogen-bond donors (Lipinski definition) is 3. The van der Waals surface area contributed by atoms with Gasteiger partial charge in [0.25, 0.3) is 0 Å². The number of para-hydroxylation sites is 2. The van der Waals surface area contributed by atoms with E-state index in [9.17, 15) is 5.11 Å². The van der Waals surface area contributed by atoms with Gasteiger partial charge in [-0.25, -0.2) is 4.98 Å². The standard InChI is InChI=1S/C19H26N4O/c1-3-5-6-9-13(4-2)23-12-16(24)17(18(23)20)19-21-14-10-7-8-11-15(14)22-19/h7-8,10-11,13,20,24H,3-6,9,12H2,1-2H3,(H,21,22). The van der Waals surface area contributed by atoms with E-state index < -0.39 is 0 Å². The van der Waals surface area contributed by atoms with Crippen LogP contribution < -0.4 is 0 Å². The molecule has 5 heteroatoms. The number of fused-ring (bicyclic) bond motifs is 1. The van der Waals surface area contributed by atoms with E-state index in [1.54, 1.807) is 0 Å². The number of hydrogen-bond acceptors (Lipinski definition) is 3. The minimum absolute atomic E-state index is 0.244. The number of aromatic amines is 1. The minimum Gasteiger partial charge on any atom is -0.510 e. The van der Waals surface area contributed by atoms with Gasteiger partial charge in [0.1, 0.15) is 17.4 Å². The Kier molecular flexibility index (Phi) is 4.88. The summed E-state index contributed by atoms with van der Waals surface area (Å²) in [4.78, 5) is 9.80. The predicted molar refractivity (Wildman–Crippen MR) is 98.3 cm³/mol. The van der Waals surface area contributed by atoms with Crippen LogP contribution in [0.2, 0.25) is 0 Å². The molecule has 0 spiro atoms. The van der Waals surface area contributed by atoms with Crippen molar-refractivity contribution >= 4 is 22.4 Å². The molecule has 0 bridgehead atoms. The third kappa shape index (κ3) is 3.03. The monoisotopic (exact) mass is 326 g/mol. The molecule has 3 rings (SSSR count). The lowest BCUT2D eigenvalue weighted by atomic mass is 10.0. The smallest absolute Gasteiger partial charge is 0.145 e. The van der Waals surface area contributed by atoms with Crippen LogP contribution in [0.4, 0.5) is 0 Å². The number of unbranched alkanes of at least 4 members (excludes halogenated alkanes) is 2. The van der Waals surface area contributed by atoms with Gasteiger partial charge in [-0.05, 0) is 25.0 Å². The van der Waals surface area contributed by atoms with Crippen LogP contribution in [0.25, 0.3) is 16.6 Å². The van der Waals surface area contributed by atoms with Crippen molar-refractivity contribution in [1.29, 1.82) is 5.41 Å². The van der Waals surface area contributed by atoms with Crippen LogP contribution in [0.5, 0.6) is 0 Å². The van der Waals surface area contributed by atoms with Gasteiger partial charge >= 0.3 is 0 Å². The fourth-order valence-electron chi connectivity index (χ4n) is 3.44. The van der Waals surface area contributed by atoms with Crippen molar-refractivity contribution < 1.29 is 5.11 Å². The molecule has 128 valence electrons.